The SMILES string of the molecule is CCC(C)(CC(=O)NCCC(c1ccc(OC(C)C)cc1)c1ccccc1OC)c1ccccc1. The van der Waals surface area contributed by atoms with Gasteiger partial charge in [0.25, 0.3) is 0 Å². The van der Waals surface area contributed by atoms with Crippen molar-refractivity contribution in [3.8, 4) is 11.5 Å². The highest BCUT2D eigenvalue weighted by Gasteiger charge is 2.28. The molecule has 0 fully saturated rings. The molecule has 3 rings (SSSR count). The van der Waals surface area contributed by atoms with E-state index in [4.69, 9.17) is 9.47 Å². The van der Waals surface area contributed by atoms with E-state index in [0.29, 0.717) is 13.0 Å². The molecule has 2 unspecified atom stereocenters. The number of para-hydroxylation sites is 1. The van der Waals surface area contributed by atoms with E-state index in [9.17, 15) is 4.79 Å². The van der Waals surface area contributed by atoms with E-state index in [1.807, 2.05) is 62.4 Å². The second kappa shape index (κ2) is 12.4. The van der Waals surface area contributed by atoms with Crippen LogP contribution in [0.15, 0.2) is 78.9 Å². The summed E-state index contributed by atoms with van der Waals surface area (Å²) in [5, 5.41) is 3.18. The van der Waals surface area contributed by atoms with Crippen molar-refractivity contribution in [1.82, 2.24) is 5.32 Å². The van der Waals surface area contributed by atoms with E-state index in [1.165, 1.54) is 11.1 Å². The zero-order chi connectivity index (χ0) is 25.3. The lowest BCUT2D eigenvalue weighted by molar-refractivity contribution is -0.122. The van der Waals surface area contributed by atoms with Crippen LogP contribution in [0.5, 0.6) is 11.5 Å². The Balaban J connectivity index is 1.73. The second-order valence-electron chi connectivity index (χ2n) is 9.63. The lowest BCUT2D eigenvalue weighted by Gasteiger charge is -2.28. The highest BCUT2D eigenvalue weighted by atomic mass is 16.5. The standard InChI is InChI=1S/C31H39NO3/c1-6-31(4,25-12-8-7-9-13-25)22-30(33)32-21-20-27(28-14-10-11-15-29(28)34-5)24-16-18-26(19-17-24)35-23(2)3/h7-19,23,27H,6,20-22H2,1-5H3,(H,32,33). The van der Waals surface area contributed by atoms with E-state index in [0.717, 1.165) is 29.9 Å². The first kappa shape index (κ1) is 26.3. The van der Waals surface area contributed by atoms with Crippen molar-refractivity contribution in [2.24, 2.45) is 0 Å². The molecule has 1 N–H and O–H groups in total. The third-order valence-electron chi connectivity index (χ3n) is 6.73. The number of carbonyl (C=O) groups excluding carboxylic acids is 1. The smallest absolute Gasteiger partial charge is 0.220 e. The lowest BCUT2D eigenvalue weighted by Crippen LogP contribution is -2.33. The highest BCUT2D eigenvalue weighted by Crippen LogP contribution is 2.35. The third kappa shape index (κ3) is 7.11. The van der Waals surface area contributed by atoms with Gasteiger partial charge in [-0.3, -0.25) is 4.79 Å². The molecule has 0 aliphatic rings. The predicted molar refractivity (Wildman–Crippen MR) is 143 cm³/mol. The van der Waals surface area contributed by atoms with Gasteiger partial charge in [-0.15, -0.1) is 0 Å². The third-order valence-corrected chi connectivity index (χ3v) is 6.73. The molecule has 2 atom stereocenters. The Hall–Kier alpha value is -3.27. The van der Waals surface area contributed by atoms with Crippen LogP contribution >= 0.6 is 0 Å². The summed E-state index contributed by atoms with van der Waals surface area (Å²) in [6, 6.07) is 26.7. The molecule has 4 heteroatoms. The van der Waals surface area contributed by atoms with Crippen molar-refractivity contribution in [2.75, 3.05) is 13.7 Å². The van der Waals surface area contributed by atoms with Crippen LogP contribution in [0.3, 0.4) is 0 Å². The summed E-state index contributed by atoms with van der Waals surface area (Å²) in [5.41, 5.74) is 3.31. The van der Waals surface area contributed by atoms with Crippen LogP contribution in [0.2, 0.25) is 0 Å². The van der Waals surface area contributed by atoms with Crippen molar-refractivity contribution >= 4 is 5.91 Å². The van der Waals surface area contributed by atoms with Crippen LogP contribution in [0, 0.1) is 0 Å². The average Bonchev–Trinajstić information content (AvgIpc) is 2.87. The minimum Gasteiger partial charge on any atom is -0.496 e. The van der Waals surface area contributed by atoms with Crippen LogP contribution < -0.4 is 14.8 Å². The molecule has 4 nitrogen and oxygen atoms in total. The van der Waals surface area contributed by atoms with Crippen molar-refractivity contribution in [2.45, 2.75) is 64.4 Å². The van der Waals surface area contributed by atoms with Gasteiger partial charge < -0.3 is 14.8 Å². The summed E-state index contributed by atoms with van der Waals surface area (Å²) in [6.45, 7) is 8.94. The van der Waals surface area contributed by atoms with Crippen LogP contribution in [-0.4, -0.2) is 25.7 Å². The van der Waals surface area contributed by atoms with Gasteiger partial charge in [-0.25, -0.2) is 0 Å². The molecule has 0 radical (unpaired) electrons. The van der Waals surface area contributed by atoms with E-state index >= 15 is 0 Å². The van der Waals surface area contributed by atoms with Gasteiger partial charge in [0.05, 0.1) is 13.2 Å². The lowest BCUT2D eigenvalue weighted by atomic mass is 9.77. The van der Waals surface area contributed by atoms with E-state index in [1.54, 1.807) is 7.11 Å². The van der Waals surface area contributed by atoms with E-state index in [-0.39, 0.29) is 23.3 Å². The number of ether oxygens (including phenoxy) is 2. The number of carbonyl (C=O) groups is 1. The fourth-order valence-corrected chi connectivity index (χ4v) is 4.55. The Morgan fingerprint density at radius 3 is 2.23 bits per heavy atom. The van der Waals surface area contributed by atoms with Crippen molar-refractivity contribution in [3.05, 3.63) is 95.6 Å². The molecule has 0 spiro atoms. The first-order valence-electron chi connectivity index (χ1n) is 12.6. The van der Waals surface area contributed by atoms with Gasteiger partial charge in [-0.1, -0.05) is 74.5 Å². The van der Waals surface area contributed by atoms with Crippen molar-refractivity contribution in [1.29, 1.82) is 0 Å². The van der Waals surface area contributed by atoms with Gasteiger partial charge in [0.1, 0.15) is 11.5 Å². The molecule has 3 aromatic carbocycles. The Kier molecular flexibility index (Phi) is 9.36. The number of amides is 1. The Labute approximate surface area is 210 Å². The first-order chi connectivity index (χ1) is 16.9. The summed E-state index contributed by atoms with van der Waals surface area (Å²) in [5.74, 6) is 1.88. The van der Waals surface area contributed by atoms with Crippen molar-refractivity contribution < 1.29 is 14.3 Å². The Morgan fingerprint density at radius 1 is 0.943 bits per heavy atom. The predicted octanol–water partition coefficient (Wildman–Crippen LogP) is 6.88. The molecule has 0 aliphatic heterocycles. The maximum Gasteiger partial charge on any atom is 0.220 e. The van der Waals surface area contributed by atoms with Gasteiger partial charge in [-0.05, 0) is 56.0 Å². The molecule has 0 aromatic heterocycles. The molecule has 0 heterocycles. The summed E-state index contributed by atoms with van der Waals surface area (Å²) in [6.07, 6.45) is 2.27. The number of methoxy groups -OCH3 is 1. The number of nitrogens with one attached hydrogen (secondary N) is 1. The number of hydrogen-bond acceptors (Lipinski definition) is 3. The molecule has 3 aromatic rings. The minimum absolute atomic E-state index is 0.0812. The Morgan fingerprint density at radius 2 is 1.60 bits per heavy atom. The fourth-order valence-electron chi connectivity index (χ4n) is 4.55. The summed E-state index contributed by atoms with van der Waals surface area (Å²) < 4.78 is 11.5. The molecule has 35 heavy (non-hydrogen) atoms. The molecular formula is C31H39NO3. The maximum absolute atomic E-state index is 13.0. The Bertz CT molecular complexity index is 1060. The molecule has 1 amide bonds. The molecule has 0 aliphatic carbocycles. The van der Waals surface area contributed by atoms with Crippen LogP contribution in [0.4, 0.5) is 0 Å². The van der Waals surface area contributed by atoms with Gasteiger partial charge in [0.2, 0.25) is 5.91 Å². The van der Waals surface area contributed by atoms with Crippen LogP contribution in [-0.2, 0) is 10.2 Å². The summed E-state index contributed by atoms with van der Waals surface area (Å²) in [7, 11) is 1.70. The van der Waals surface area contributed by atoms with Crippen LogP contribution in [0.1, 0.15) is 69.6 Å². The van der Waals surface area contributed by atoms with E-state index in [2.05, 4.69) is 49.5 Å². The van der Waals surface area contributed by atoms with Gasteiger partial charge in [-0.2, -0.15) is 0 Å². The van der Waals surface area contributed by atoms with Gasteiger partial charge in [0, 0.05) is 29.9 Å². The average molecular weight is 474 g/mol. The quantitative estimate of drug-likeness (QED) is 0.312. The number of benzene rings is 3. The maximum atomic E-state index is 13.0. The second-order valence-corrected chi connectivity index (χ2v) is 9.63. The molecule has 0 saturated carbocycles. The fraction of sp³-hybridized carbons (Fsp3) is 0.387. The number of hydrogen-bond donors (Lipinski definition) is 1. The van der Waals surface area contributed by atoms with Gasteiger partial charge in [0.15, 0.2) is 0 Å². The van der Waals surface area contributed by atoms with E-state index < -0.39 is 0 Å². The normalized spacial score (nSPS) is 13.7. The first-order valence-corrected chi connectivity index (χ1v) is 12.6. The molecule has 0 bridgehead atoms. The topological polar surface area (TPSA) is 47.6 Å². The summed E-state index contributed by atoms with van der Waals surface area (Å²) >= 11 is 0. The zero-order valence-corrected chi connectivity index (χ0v) is 21.7. The highest BCUT2D eigenvalue weighted by molar-refractivity contribution is 5.77. The van der Waals surface area contributed by atoms with Crippen molar-refractivity contribution in [3.63, 3.8) is 0 Å². The molecule has 186 valence electrons. The van der Waals surface area contributed by atoms with Gasteiger partial charge >= 0.3 is 0 Å². The molecular weight excluding hydrogens is 434 g/mol. The minimum atomic E-state index is -0.181. The molecule has 0 saturated heterocycles. The summed E-state index contributed by atoms with van der Waals surface area (Å²) in [4.78, 5) is 13.0. The largest absolute Gasteiger partial charge is 0.496 e. The number of rotatable bonds is 12. The van der Waals surface area contributed by atoms with Crippen LogP contribution in [0.25, 0.3) is 0 Å². The zero-order valence-electron chi connectivity index (χ0n) is 21.7. The monoisotopic (exact) mass is 473 g/mol.